The van der Waals surface area contributed by atoms with Gasteiger partial charge in [0, 0.05) is 50.0 Å². The van der Waals surface area contributed by atoms with Crippen LogP contribution < -0.4 is 10.9 Å². The molecule has 0 unspecified atom stereocenters. The predicted molar refractivity (Wildman–Crippen MR) is 134 cm³/mol. The first-order chi connectivity index (χ1) is 16.6. The first-order valence-electron chi connectivity index (χ1n) is 11.4. The van der Waals surface area contributed by atoms with Crippen LogP contribution in [0.15, 0.2) is 65.5 Å². The molecule has 0 spiro atoms. The third kappa shape index (κ3) is 4.85. The van der Waals surface area contributed by atoms with Crippen LogP contribution in [0.5, 0.6) is 0 Å². The van der Waals surface area contributed by atoms with Gasteiger partial charge in [0.15, 0.2) is 0 Å². The summed E-state index contributed by atoms with van der Waals surface area (Å²) >= 11 is 1.41. The molecule has 174 valence electrons. The third-order valence-electron chi connectivity index (χ3n) is 5.98. The molecule has 4 aromatic rings. The van der Waals surface area contributed by atoms with Crippen LogP contribution in [0.1, 0.15) is 18.2 Å². The lowest BCUT2D eigenvalue weighted by molar-refractivity contribution is 0.142. The van der Waals surface area contributed by atoms with Crippen LogP contribution in [0.3, 0.4) is 0 Å². The second-order valence-electron chi connectivity index (χ2n) is 8.30. The number of hydrogen-bond donors (Lipinski definition) is 1. The van der Waals surface area contributed by atoms with E-state index in [0.29, 0.717) is 24.6 Å². The number of aryl methyl sites for hydroxylation is 1. The summed E-state index contributed by atoms with van der Waals surface area (Å²) in [7, 11) is 0. The molecule has 0 atom stereocenters. The number of carbonyl (C=O) groups is 1. The van der Waals surface area contributed by atoms with Crippen LogP contribution in [-0.2, 0) is 13.0 Å². The zero-order valence-corrected chi connectivity index (χ0v) is 19.8. The number of benzene rings is 2. The van der Waals surface area contributed by atoms with E-state index in [1.165, 1.54) is 21.4 Å². The Morgan fingerprint density at radius 2 is 1.76 bits per heavy atom. The minimum atomic E-state index is -0.175. The molecular weight excluding hydrogens is 448 g/mol. The van der Waals surface area contributed by atoms with Crippen molar-refractivity contribution in [2.24, 2.45) is 0 Å². The molecule has 0 radical (unpaired) electrons. The number of piperazine rings is 1. The Kier molecular flexibility index (Phi) is 6.37. The van der Waals surface area contributed by atoms with Gasteiger partial charge in [0.2, 0.25) is 4.96 Å². The molecule has 0 bridgehead atoms. The van der Waals surface area contributed by atoms with Gasteiger partial charge in [0.25, 0.3) is 5.56 Å². The maximum Gasteiger partial charge on any atom is 0.321 e. The van der Waals surface area contributed by atoms with Crippen molar-refractivity contribution in [3.05, 3.63) is 82.3 Å². The minimum Gasteiger partial charge on any atom is -0.322 e. The molecule has 34 heavy (non-hydrogen) atoms. The highest BCUT2D eigenvalue weighted by Gasteiger charge is 2.22. The summed E-state index contributed by atoms with van der Waals surface area (Å²) in [6, 6.07) is 19.2. The van der Waals surface area contributed by atoms with Crippen molar-refractivity contribution in [2.45, 2.75) is 19.9 Å². The molecule has 8 nitrogen and oxygen atoms in total. The fourth-order valence-corrected chi connectivity index (χ4v) is 4.93. The quantitative estimate of drug-likeness (QED) is 0.477. The van der Waals surface area contributed by atoms with Gasteiger partial charge in [-0.1, -0.05) is 60.7 Å². The van der Waals surface area contributed by atoms with Crippen LogP contribution in [0, 0.1) is 0 Å². The van der Waals surface area contributed by atoms with Crippen molar-refractivity contribution >= 4 is 28.0 Å². The first-order valence-corrected chi connectivity index (χ1v) is 12.2. The molecule has 1 saturated heterocycles. The summed E-state index contributed by atoms with van der Waals surface area (Å²) in [6.45, 7) is 5.37. The number of rotatable bonds is 5. The molecule has 2 aromatic carbocycles. The summed E-state index contributed by atoms with van der Waals surface area (Å²) in [6.07, 6.45) is 0.974. The fourth-order valence-electron chi connectivity index (χ4n) is 4.00. The Morgan fingerprint density at radius 3 is 2.47 bits per heavy atom. The molecule has 1 aliphatic rings. The summed E-state index contributed by atoms with van der Waals surface area (Å²) < 4.78 is 1.37. The van der Waals surface area contributed by atoms with Gasteiger partial charge in [-0.25, -0.2) is 9.78 Å². The number of fused-ring (bicyclic) bond motifs is 1. The van der Waals surface area contributed by atoms with Gasteiger partial charge in [-0.2, -0.15) is 9.61 Å². The van der Waals surface area contributed by atoms with Crippen molar-refractivity contribution in [3.63, 3.8) is 0 Å². The zero-order chi connectivity index (χ0) is 23.5. The summed E-state index contributed by atoms with van der Waals surface area (Å²) in [4.78, 5) is 34.6. The molecule has 2 aromatic heterocycles. The van der Waals surface area contributed by atoms with Crippen molar-refractivity contribution in [3.8, 4) is 10.6 Å². The van der Waals surface area contributed by atoms with Gasteiger partial charge in [0.1, 0.15) is 5.01 Å². The van der Waals surface area contributed by atoms with E-state index < -0.39 is 0 Å². The van der Waals surface area contributed by atoms with Gasteiger partial charge in [0.05, 0.1) is 5.69 Å². The molecule has 5 rings (SSSR count). The van der Waals surface area contributed by atoms with Crippen LogP contribution in [0.4, 0.5) is 10.5 Å². The van der Waals surface area contributed by atoms with E-state index in [-0.39, 0.29) is 11.6 Å². The van der Waals surface area contributed by atoms with E-state index in [1.807, 2.05) is 59.5 Å². The number of nitrogens with zero attached hydrogens (tertiary/aromatic N) is 5. The Bertz CT molecular complexity index is 1340. The average molecular weight is 475 g/mol. The van der Waals surface area contributed by atoms with E-state index in [2.05, 4.69) is 27.2 Å². The number of amides is 2. The molecular formula is C25H26N6O2S. The van der Waals surface area contributed by atoms with Gasteiger partial charge in [-0.3, -0.25) is 9.69 Å². The van der Waals surface area contributed by atoms with Crippen LogP contribution in [-0.4, -0.2) is 56.6 Å². The monoisotopic (exact) mass is 474 g/mol. The van der Waals surface area contributed by atoms with E-state index in [4.69, 9.17) is 0 Å². The number of anilines is 1. The van der Waals surface area contributed by atoms with Crippen molar-refractivity contribution in [1.29, 1.82) is 0 Å². The van der Waals surface area contributed by atoms with E-state index in [1.54, 1.807) is 6.07 Å². The van der Waals surface area contributed by atoms with Gasteiger partial charge >= 0.3 is 6.03 Å². The number of carbonyl (C=O) groups excluding carboxylic acids is 1. The average Bonchev–Trinajstić information content (AvgIpc) is 3.30. The molecule has 9 heteroatoms. The van der Waals surface area contributed by atoms with Crippen LogP contribution in [0.25, 0.3) is 15.5 Å². The highest BCUT2D eigenvalue weighted by atomic mass is 32.1. The lowest BCUT2D eigenvalue weighted by atomic mass is 10.1. The highest BCUT2D eigenvalue weighted by Crippen LogP contribution is 2.24. The molecule has 3 heterocycles. The van der Waals surface area contributed by atoms with Crippen molar-refractivity contribution < 1.29 is 4.79 Å². The SMILES string of the molecule is CCc1ccc(NC(=O)N2CCN(Cc3cc(=O)n4nc(-c5ccccc5)sc4n3)CC2)cc1. The Morgan fingerprint density at radius 1 is 1.03 bits per heavy atom. The second-order valence-corrected chi connectivity index (χ2v) is 9.25. The van der Waals surface area contributed by atoms with E-state index >= 15 is 0 Å². The Hall–Kier alpha value is -3.56. The zero-order valence-electron chi connectivity index (χ0n) is 19.0. The number of aromatic nitrogens is 3. The number of nitrogens with one attached hydrogen (secondary N) is 1. The number of urea groups is 1. The maximum atomic E-state index is 12.6. The standard InChI is InChI=1S/C25H26N6O2S/c1-2-18-8-10-20(11-9-18)26-24(33)30-14-12-29(13-15-30)17-21-16-22(32)31-25(27-21)34-23(28-31)19-6-4-3-5-7-19/h3-11,16H,2,12-15,17H2,1H3,(H,26,33). The molecule has 1 fully saturated rings. The van der Waals surface area contributed by atoms with Crippen LogP contribution in [0.2, 0.25) is 0 Å². The van der Waals surface area contributed by atoms with Crippen LogP contribution >= 0.6 is 11.3 Å². The number of hydrogen-bond acceptors (Lipinski definition) is 6. The molecule has 1 N–H and O–H groups in total. The molecule has 0 aliphatic carbocycles. The molecule has 2 amide bonds. The lowest BCUT2D eigenvalue weighted by Crippen LogP contribution is -2.49. The Labute approximate surface area is 201 Å². The summed E-state index contributed by atoms with van der Waals surface area (Å²) in [5, 5.41) is 8.19. The summed E-state index contributed by atoms with van der Waals surface area (Å²) in [5.41, 5.74) is 3.57. The smallest absolute Gasteiger partial charge is 0.321 e. The fraction of sp³-hybridized carbons (Fsp3) is 0.280. The Balaban J connectivity index is 1.20. The largest absolute Gasteiger partial charge is 0.322 e. The topological polar surface area (TPSA) is 82.8 Å². The van der Waals surface area contributed by atoms with Crippen molar-refractivity contribution in [1.82, 2.24) is 24.4 Å². The van der Waals surface area contributed by atoms with E-state index in [9.17, 15) is 9.59 Å². The van der Waals surface area contributed by atoms with E-state index in [0.717, 1.165) is 41.5 Å². The molecule has 0 saturated carbocycles. The van der Waals surface area contributed by atoms with Crippen molar-refractivity contribution in [2.75, 3.05) is 31.5 Å². The van der Waals surface area contributed by atoms with Gasteiger partial charge < -0.3 is 10.2 Å². The minimum absolute atomic E-state index is 0.0835. The normalized spacial score (nSPS) is 14.4. The predicted octanol–water partition coefficient (Wildman–Crippen LogP) is 3.73. The van der Waals surface area contributed by atoms with Gasteiger partial charge in [-0.05, 0) is 24.1 Å². The second kappa shape index (κ2) is 9.74. The summed E-state index contributed by atoms with van der Waals surface area (Å²) in [5.74, 6) is 0. The molecule has 1 aliphatic heterocycles. The third-order valence-corrected chi connectivity index (χ3v) is 6.93. The lowest BCUT2D eigenvalue weighted by Gasteiger charge is -2.34. The first kappa shape index (κ1) is 22.2. The van der Waals surface area contributed by atoms with Gasteiger partial charge in [-0.15, -0.1) is 0 Å². The maximum absolute atomic E-state index is 12.6. The highest BCUT2D eigenvalue weighted by molar-refractivity contribution is 7.19.